The highest BCUT2D eigenvalue weighted by atomic mass is 16.3. The molecule has 2 aromatic rings. The van der Waals surface area contributed by atoms with Crippen LogP contribution in [0.25, 0.3) is 11.1 Å². The molecule has 1 aromatic heterocycles. The summed E-state index contributed by atoms with van der Waals surface area (Å²) >= 11 is 0. The van der Waals surface area contributed by atoms with Crippen molar-refractivity contribution in [2.24, 2.45) is 5.92 Å². The number of piperidine rings is 1. The fraction of sp³-hybridized carbons (Fsp3) is 0.500. The minimum atomic E-state index is 0.479. The molecule has 17 heavy (non-hydrogen) atoms. The van der Waals surface area contributed by atoms with Crippen LogP contribution in [0.4, 0.5) is 0 Å². The van der Waals surface area contributed by atoms with E-state index in [0.29, 0.717) is 6.04 Å². The molecule has 3 rings (SSSR count). The van der Waals surface area contributed by atoms with Gasteiger partial charge in [0.1, 0.15) is 5.52 Å². The molecule has 1 aromatic carbocycles. The van der Waals surface area contributed by atoms with E-state index in [-0.39, 0.29) is 0 Å². The van der Waals surface area contributed by atoms with E-state index in [2.05, 4.69) is 29.4 Å². The van der Waals surface area contributed by atoms with Crippen molar-refractivity contribution in [3.05, 3.63) is 29.7 Å². The van der Waals surface area contributed by atoms with Crippen LogP contribution < -0.4 is 5.32 Å². The van der Waals surface area contributed by atoms with Crippen molar-refractivity contribution in [2.45, 2.75) is 32.7 Å². The molecule has 2 atom stereocenters. The molecule has 1 N–H and O–H groups in total. The summed E-state index contributed by atoms with van der Waals surface area (Å²) in [4.78, 5) is 4.39. The summed E-state index contributed by atoms with van der Waals surface area (Å²) in [6.07, 6.45) is 2.51. The van der Waals surface area contributed by atoms with Gasteiger partial charge in [-0.15, -0.1) is 0 Å². The Morgan fingerprint density at radius 3 is 3.00 bits per heavy atom. The molecule has 1 saturated heterocycles. The predicted molar refractivity (Wildman–Crippen MR) is 67.9 cm³/mol. The number of hydrogen-bond acceptors (Lipinski definition) is 3. The van der Waals surface area contributed by atoms with Crippen molar-refractivity contribution < 1.29 is 4.42 Å². The fourth-order valence-corrected chi connectivity index (χ4v) is 2.56. The van der Waals surface area contributed by atoms with E-state index in [1.807, 2.05) is 13.0 Å². The van der Waals surface area contributed by atoms with Crippen LogP contribution in [-0.2, 0) is 0 Å². The Hall–Kier alpha value is -1.35. The highest BCUT2D eigenvalue weighted by molar-refractivity contribution is 5.73. The van der Waals surface area contributed by atoms with Crippen LogP contribution in [0.15, 0.2) is 22.6 Å². The van der Waals surface area contributed by atoms with Gasteiger partial charge in [0.05, 0.1) is 0 Å². The number of aryl methyl sites for hydroxylation is 1. The maximum absolute atomic E-state index is 5.50. The zero-order valence-electron chi connectivity index (χ0n) is 10.4. The van der Waals surface area contributed by atoms with Gasteiger partial charge < -0.3 is 9.73 Å². The molecule has 2 heterocycles. The smallest absolute Gasteiger partial charge is 0.192 e. The average Bonchev–Trinajstić information content (AvgIpc) is 2.69. The summed E-state index contributed by atoms with van der Waals surface area (Å²) in [7, 11) is 0. The molecule has 1 aliphatic heterocycles. The van der Waals surface area contributed by atoms with Gasteiger partial charge in [-0.1, -0.05) is 13.0 Å². The van der Waals surface area contributed by atoms with E-state index in [1.165, 1.54) is 18.4 Å². The molecule has 0 aliphatic carbocycles. The zero-order valence-corrected chi connectivity index (χ0v) is 10.4. The Bertz CT molecular complexity index is 524. The van der Waals surface area contributed by atoms with Crippen molar-refractivity contribution >= 4 is 11.1 Å². The lowest BCUT2D eigenvalue weighted by atomic mass is 9.92. The van der Waals surface area contributed by atoms with Crippen LogP contribution in [0, 0.1) is 12.8 Å². The predicted octanol–water partition coefficient (Wildman–Crippen LogP) is 3.20. The first-order chi connectivity index (χ1) is 8.22. The molecule has 0 radical (unpaired) electrons. The Kier molecular flexibility index (Phi) is 2.63. The van der Waals surface area contributed by atoms with Crippen molar-refractivity contribution in [3.8, 4) is 0 Å². The number of aromatic nitrogens is 1. The minimum absolute atomic E-state index is 0.479. The second-order valence-corrected chi connectivity index (χ2v) is 5.10. The maximum Gasteiger partial charge on any atom is 0.192 e. The van der Waals surface area contributed by atoms with Gasteiger partial charge in [0.15, 0.2) is 11.5 Å². The van der Waals surface area contributed by atoms with Gasteiger partial charge in [-0.2, -0.15) is 0 Å². The number of nitrogens with one attached hydrogen (secondary N) is 1. The van der Waals surface area contributed by atoms with Crippen LogP contribution >= 0.6 is 0 Å². The molecular weight excluding hydrogens is 212 g/mol. The minimum Gasteiger partial charge on any atom is -0.441 e. The Labute approximate surface area is 101 Å². The first-order valence-corrected chi connectivity index (χ1v) is 6.33. The van der Waals surface area contributed by atoms with Gasteiger partial charge >= 0.3 is 0 Å². The second kappa shape index (κ2) is 4.15. The SMILES string of the molecule is Cc1nc2cc(C3CC[C@H](C)CN3)ccc2o1. The van der Waals surface area contributed by atoms with Gasteiger partial charge in [0, 0.05) is 13.0 Å². The van der Waals surface area contributed by atoms with Gasteiger partial charge in [-0.3, -0.25) is 0 Å². The average molecular weight is 230 g/mol. The third-order valence-electron chi connectivity index (χ3n) is 3.58. The Morgan fingerprint density at radius 1 is 1.35 bits per heavy atom. The first-order valence-electron chi connectivity index (χ1n) is 6.33. The van der Waals surface area contributed by atoms with Crippen LogP contribution in [0.3, 0.4) is 0 Å². The molecule has 1 unspecified atom stereocenters. The van der Waals surface area contributed by atoms with Crippen LogP contribution in [0.5, 0.6) is 0 Å². The summed E-state index contributed by atoms with van der Waals surface area (Å²) in [6, 6.07) is 6.82. The van der Waals surface area contributed by atoms with Crippen molar-refractivity contribution in [1.82, 2.24) is 10.3 Å². The fourth-order valence-electron chi connectivity index (χ4n) is 2.56. The van der Waals surface area contributed by atoms with Crippen molar-refractivity contribution in [1.29, 1.82) is 0 Å². The molecule has 3 nitrogen and oxygen atoms in total. The van der Waals surface area contributed by atoms with Gasteiger partial charge in [-0.05, 0) is 43.0 Å². The molecule has 0 amide bonds. The van der Waals surface area contributed by atoms with E-state index in [4.69, 9.17) is 4.42 Å². The van der Waals surface area contributed by atoms with E-state index in [9.17, 15) is 0 Å². The summed E-state index contributed by atoms with van der Waals surface area (Å²) in [5.74, 6) is 1.53. The number of nitrogens with zero attached hydrogens (tertiary/aromatic N) is 1. The number of oxazole rings is 1. The first kappa shape index (κ1) is 10.8. The molecular formula is C14H18N2O. The lowest BCUT2D eigenvalue weighted by Crippen LogP contribution is -2.31. The molecule has 0 bridgehead atoms. The Balaban J connectivity index is 1.89. The van der Waals surface area contributed by atoms with Crippen LogP contribution in [-0.4, -0.2) is 11.5 Å². The van der Waals surface area contributed by atoms with E-state index < -0.39 is 0 Å². The molecule has 1 aliphatic rings. The number of rotatable bonds is 1. The third kappa shape index (κ3) is 2.07. The summed E-state index contributed by atoms with van der Waals surface area (Å²) < 4.78 is 5.50. The van der Waals surface area contributed by atoms with E-state index >= 15 is 0 Å². The standard InChI is InChI=1S/C14H18N2O/c1-9-3-5-12(15-8-9)11-4-6-14-13(7-11)16-10(2)17-14/h4,6-7,9,12,15H,3,5,8H2,1-2H3/t9-,12?/m0/s1. The van der Waals surface area contributed by atoms with Gasteiger partial charge in [0.25, 0.3) is 0 Å². The summed E-state index contributed by atoms with van der Waals surface area (Å²) in [5, 5.41) is 3.60. The quantitative estimate of drug-likeness (QED) is 0.817. The second-order valence-electron chi connectivity index (χ2n) is 5.10. The third-order valence-corrected chi connectivity index (χ3v) is 3.58. The van der Waals surface area contributed by atoms with Crippen molar-refractivity contribution in [3.63, 3.8) is 0 Å². The monoisotopic (exact) mass is 230 g/mol. The van der Waals surface area contributed by atoms with Crippen LogP contribution in [0.2, 0.25) is 0 Å². The molecule has 1 fully saturated rings. The molecule has 0 spiro atoms. The lowest BCUT2D eigenvalue weighted by Gasteiger charge is -2.28. The summed E-state index contributed by atoms with van der Waals surface area (Å²) in [6.45, 7) is 5.30. The topological polar surface area (TPSA) is 38.1 Å². The van der Waals surface area contributed by atoms with Crippen molar-refractivity contribution in [2.75, 3.05) is 6.54 Å². The molecule has 3 heteroatoms. The zero-order chi connectivity index (χ0) is 11.8. The molecule has 90 valence electrons. The summed E-state index contributed by atoms with van der Waals surface area (Å²) in [5.41, 5.74) is 3.19. The lowest BCUT2D eigenvalue weighted by molar-refractivity contribution is 0.333. The largest absolute Gasteiger partial charge is 0.441 e. The van der Waals surface area contributed by atoms with E-state index in [1.54, 1.807) is 0 Å². The highest BCUT2D eigenvalue weighted by Gasteiger charge is 2.19. The highest BCUT2D eigenvalue weighted by Crippen LogP contribution is 2.27. The normalized spacial score (nSPS) is 25.3. The van der Waals surface area contributed by atoms with E-state index in [0.717, 1.165) is 29.5 Å². The number of hydrogen-bond donors (Lipinski definition) is 1. The van der Waals surface area contributed by atoms with Crippen LogP contribution in [0.1, 0.15) is 37.3 Å². The molecule has 0 saturated carbocycles. The maximum atomic E-state index is 5.50. The van der Waals surface area contributed by atoms with Gasteiger partial charge in [-0.25, -0.2) is 4.98 Å². The number of benzene rings is 1. The number of fused-ring (bicyclic) bond motifs is 1. The Morgan fingerprint density at radius 2 is 2.24 bits per heavy atom. The van der Waals surface area contributed by atoms with Gasteiger partial charge in [0.2, 0.25) is 0 Å².